The van der Waals surface area contributed by atoms with E-state index in [0.29, 0.717) is 46.8 Å². The quantitative estimate of drug-likeness (QED) is 0.372. The zero-order valence-corrected chi connectivity index (χ0v) is 19.7. The second-order valence-corrected chi connectivity index (χ2v) is 7.82. The highest BCUT2D eigenvalue weighted by Crippen LogP contribution is 2.29. The van der Waals surface area contributed by atoms with E-state index in [0.717, 1.165) is 11.1 Å². The molecule has 9 heteroatoms. The predicted molar refractivity (Wildman–Crippen MR) is 130 cm³/mol. The summed E-state index contributed by atoms with van der Waals surface area (Å²) in [7, 11) is 3.17. The van der Waals surface area contributed by atoms with Crippen molar-refractivity contribution in [1.82, 2.24) is 25.5 Å². The van der Waals surface area contributed by atoms with Crippen LogP contribution in [0.15, 0.2) is 67.0 Å². The van der Waals surface area contributed by atoms with E-state index in [-0.39, 0.29) is 11.7 Å². The SMILES string of the molecule is COc1ccc(CCNC(=O)c2cc(-c3ccccc3C(C)=O)cc(-n3cnnn3)c2)cc1OC. The van der Waals surface area contributed by atoms with Crippen molar-refractivity contribution in [3.8, 4) is 28.3 Å². The number of rotatable bonds is 9. The number of nitrogens with zero attached hydrogens (tertiary/aromatic N) is 4. The van der Waals surface area contributed by atoms with E-state index in [1.807, 2.05) is 42.5 Å². The summed E-state index contributed by atoms with van der Waals surface area (Å²) in [5.74, 6) is 0.980. The van der Waals surface area contributed by atoms with Gasteiger partial charge in [0, 0.05) is 17.7 Å². The van der Waals surface area contributed by atoms with Crippen molar-refractivity contribution >= 4 is 11.7 Å². The number of aromatic nitrogens is 4. The number of nitrogens with one attached hydrogen (secondary N) is 1. The van der Waals surface area contributed by atoms with Crippen LogP contribution in [0.3, 0.4) is 0 Å². The van der Waals surface area contributed by atoms with Crippen molar-refractivity contribution < 1.29 is 19.1 Å². The predicted octanol–water partition coefficient (Wildman–Crippen LogP) is 3.52. The summed E-state index contributed by atoms with van der Waals surface area (Å²) < 4.78 is 12.1. The van der Waals surface area contributed by atoms with Gasteiger partial charge in [0.25, 0.3) is 5.91 Å². The van der Waals surface area contributed by atoms with Crippen LogP contribution in [0.25, 0.3) is 16.8 Å². The lowest BCUT2D eigenvalue weighted by Gasteiger charge is -2.13. The Balaban J connectivity index is 1.59. The molecule has 1 aromatic heterocycles. The summed E-state index contributed by atoms with van der Waals surface area (Å²) in [6.45, 7) is 1.94. The highest BCUT2D eigenvalue weighted by atomic mass is 16.5. The fourth-order valence-corrected chi connectivity index (χ4v) is 3.81. The Labute approximate surface area is 202 Å². The van der Waals surface area contributed by atoms with E-state index >= 15 is 0 Å². The Morgan fingerprint density at radius 1 is 0.971 bits per heavy atom. The van der Waals surface area contributed by atoms with Crippen LogP contribution in [0.4, 0.5) is 0 Å². The van der Waals surface area contributed by atoms with E-state index in [1.54, 1.807) is 32.4 Å². The molecule has 0 bridgehead atoms. The molecule has 0 fully saturated rings. The minimum Gasteiger partial charge on any atom is -0.493 e. The molecule has 178 valence electrons. The Bertz CT molecular complexity index is 1350. The summed E-state index contributed by atoms with van der Waals surface area (Å²) >= 11 is 0. The number of carbonyl (C=O) groups excluding carboxylic acids is 2. The minimum absolute atomic E-state index is 0.0608. The van der Waals surface area contributed by atoms with Gasteiger partial charge < -0.3 is 14.8 Å². The third-order valence-electron chi connectivity index (χ3n) is 5.56. The van der Waals surface area contributed by atoms with Crippen molar-refractivity contribution in [2.45, 2.75) is 13.3 Å². The number of ether oxygens (including phenoxy) is 2. The standard InChI is InChI=1S/C26H25N5O4/c1-17(32)22-6-4-5-7-23(22)19-13-20(15-21(14-19)31-16-28-29-30-31)26(33)27-11-10-18-8-9-24(34-2)25(12-18)35-3/h4-9,12-16H,10-11H2,1-3H3,(H,27,33). The Morgan fingerprint density at radius 3 is 2.49 bits per heavy atom. The number of Topliss-reactive ketones (excluding diaryl/α,β-unsaturated/α-hetero) is 1. The molecule has 0 aliphatic carbocycles. The van der Waals surface area contributed by atoms with E-state index in [2.05, 4.69) is 20.8 Å². The zero-order valence-electron chi connectivity index (χ0n) is 19.7. The van der Waals surface area contributed by atoms with Crippen LogP contribution in [0.2, 0.25) is 0 Å². The third-order valence-corrected chi connectivity index (χ3v) is 5.56. The molecule has 4 aromatic rings. The molecule has 1 amide bonds. The summed E-state index contributed by atoms with van der Waals surface area (Å²) in [6, 6.07) is 18.3. The second-order valence-electron chi connectivity index (χ2n) is 7.82. The number of methoxy groups -OCH3 is 2. The molecular weight excluding hydrogens is 446 g/mol. The van der Waals surface area contributed by atoms with Gasteiger partial charge in [-0.25, -0.2) is 4.68 Å². The molecule has 0 saturated carbocycles. The first-order valence-electron chi connectivity index (χ1n) is 11.0. The molecule has 0 aliphatic heterocycles. The van der Waals surface area contributed by atoms with E-state index in [1.165, 1.54) is 17.9 Å². The maximum Gasteiger partial charge on any atom is 0.251 e. The normalized spacial score (nSPS) is 10.6. The van der Waals surface area contributed by atoms with Crippen molar-refractivity contribution in [2.75, 3.05) is 20.8 Å². The number of tetrazole rings is 1. The van der Waals surface area contributed by atoms with E-state index in [4.69, 9.17) is 9.47 Å². The van der Waals surface area contributed by atoms with Gasteiger partial charge in [0.1, 0.15) is 6.33 Å². The number of benzene rings is 3. The fraction of sp³-hybridized carbons (Fsp3) is 0.192. The molecule has 1 N–H and O–H groups in total. The van der Waals surface area contributed by atoms with Crippen LogP contribution >= 0.6 is 0 Å². The summed E-state index contributed by atoms with van der Waals surface area (Å²) in [5, 5.41) is 14.3. The molecule has 0 spiro atoms. The molecule has 3 aromatic carbocycles. The highest BCUT2D eigenvalue weighted by Gasteiger charge is 2.15. The molecule has 0 radical (unpaired) electrons. The third kappa shape index (κ3) is 5.35. The zero-order chi connectivity index (χ0) is 24.8. The van der Waals surface area contributed by atoms with Crippen LogP contribution in [0.5, 0.6) is 11.5 Å². The van der Waals surface area contributed by atoms with Gasteiger partial charge in [0.2, 0.25) is 0 Å². The summed E-state index contributed by atoms with van der Waals surface area (Å²) in [4.78, 5) is 25.3. The molecule has 1 heterocycles. The van der Waals surface area contributed by atoms with Gasteiger partial charge >= 0.3 is 0 Å². The monoisotopic (exact) mass is 471 g/mol. The topological polar surface area (TPSA) is 108 Å². The second kappa shape index (κ2) is 10.6. The largest absolute Gasteiger partial charge is 0.493 e. The first kappa shape index (κ1) is 23.6. The van der Waals surface area contributed by atoms with Crippen LogP contribution in [-0.2, 0) is 6.42 Å². The Morgan fingerprint density at radius 2 is 1.77 bits per heavy atom. The lowest BCUT2D eigenvalue weighted by molar-refractivity contribution is 0.0953. The van der Waals surface area contributed by atoms with Crippen LogP contribution in [0, 0.1) is 0 Å². The Hall–Kier alpha value is -4.53. The minimum atomic E-state index is -0.248. The molecule has 9 nitrogen and oxygen atoms in total. The molecule has 0 saturated heterocycles. The van der Waals surface area contributed by atoms with Crippen LogP contribution in [0.1, 0.15) is 33.2 Å². The fourth-order valence-electron chi connectivity index (χ4n) is 3.81. The maximum absolute atomic E-state index is 13.1. The molecule has 0 atom stereocenters. The number of hydrogen-bond acceptors (Lipinski definition) is 7. The van der Waals surface area contributed by atoms with Gasteiger partial charge in [-0.1, -0.05) is 30.3 Å². The van der Waals surface area contributed by atoms with Crippen LogP contribution < -0.4 is 14.8 Å². The van der Waals surface area contributed by atoms with Gasteiger partial charge in [-0.2, -0.15) is 0 Å². The average molecular weight is 472 g/mol. The van der Waals surface area contributed by atoms with E-state index < -0.39 is 0 Å². The van der Waals surface area contributed by atoms with Gasteiger partial charge in [-0.3, -0.25) is 9.59 Å². The molecule has 35 heavy (non-hydrogen) atoms. The lowest BCUT2D eigenvalue weighted by atomic mass is 9.95. The Kier molecular flexibility index (Phi) is 7.15. The number of ketones is 1. The average Bonchev–Trinajstić information content (AvgIpc) is 3.43. The van der Waals surface area contributed by atoms with Crippen molar-refractivity contribution in [3.63, 3.8) is 0 Å². The van der Waals surface area contributed by atoms with Crippen molar-refractivity contribution in [2.24, 2.45) is 0 Å². The smallest absolute Gasteiger partial charge is 0.251 e. The number of amides is 1. The van der Waals surface area contributed by atoms with Gasteiger partial charge in [0.05, 0.1) is 19.9 Å². The summed E-state index contributed by atoms with van der Waals surface area (Å²) in [5.41, 5.74) is 4.06. The first-order chi connectivity index (χ1) is 17.0. The van der Waals surface area contributed by atoms with E-state index in [9.17, 15) is 9.59 Å². The molecule has 0 unspecified atom stereocenters. The lowest BCUT2D eigenvalue weighted by Crippen LogP contribution is -2.26. The molecule has 0 aliphatic rings. The van der Waals surface area contributed by atoms with Crippen LogP contribution in [-0.4, -0.2) is 52.7 Å². The summed E-state index contributed by atoms with van der Waals surface area (Å²) in [6.07, 6.45) is 2.06. The van der Waals surface area contributed by atoms with Gasteiger partial charge in [-0.05, 0) is 70.8 Å². The molecule has 4 rings (SSSR count). The maximum atomic E-state index is 13.1. The van der Waals surface area contributed by atoms with Crippen molar-refractivity contribution in [3.05, 3.63) is 83.7 Å². The number of hydrogen-bond donors (Lipinski definition) is 1. The highest BCUT2D eigenvalue weighted by molar-refractivity contribution is 6.02. The van der Waals surface area contributed by atoms with Gasteiger partial charge in [-0.15, -0.1) is 5.10 Å². The van der Waals surface area contributed by atoms with Crippen molar-refractivity contribution in [1.29, 1.82) is 0 Å². The first-order valence-corrected chi connectivity index (χ1v) is 11.0. The van der Waals surface area contributed by atoms with Gasteiger partial charge in [0.15, 0.2) is 17.3 Å². The molecular formula is C26H25N5O4. The number of carbonyl (C=O) groups is 2.